The molecule has 0 radical (unpaired) electrons. The Bertz CT molecular complexity index is 487. The minimum atomic E-state index is 0.654. The lowest BCUT2D eigenvalue weighted by Crippen LogP contribution is -2.17. The van der Waals surface area contributed by atoms with Crippen molar-refractivity contribution in [2.45, 2.75) is 0 Å². The number of hydrogen-bond donors (Lipinski definition) is 1. The minimum Gasteiger partial charge on any atom is -0.364 e. The Hall–Kier alpha value is -1.71. The maximum atomic E-state index is 4.23. The zero-order chi connectivity index (χ0) is 7.97. The van der Waals surface area contributed by atoms with E-state index >= 15 is 0 Å². The average Bonchev–Trinajstić information content (AvgIpc) is 2.71. The average molecular weight is 158 g/mol. The van der Waals surface area contributed by atoms with Crippen LogP contribution in [0.5, 0.6) is 0 Å². The molecule has 0 unspecified atom stereocenters. The Balaban J connectivity index is 2.50. The summed E-state index contributed by atoms with van der Waals surface area (Å²) in [5.74, 6) is 0. The molecule has 2 aliphatic rings. The Morgan fingerprint density at radius 3 is 3.42 bits per heavy atom. The van der Waals surface area contributed by atoms with E-state index in [1.807, 2.05) is 6.08 Å². The van der Waals surface area contributed by atoms with E-state index in [2.05, 4.69) is 20.3 Å². The summed E-state index contributed by atoms with van der Waals surface area (Å²) in [6.07, 6.45) is 5.47. The van der Waals surface area contributed by atoms with Gasteiger partial charge in [-0.2, -0.15) is 0 Å². The second-order valence-corrected chi connectivity index (χ2v) is 2.69. The van der Waals surface area contributed by atoms with Gasteiger partial charge in [0.2, 0.25) is 0 Å². The molecule has 3 rings (SSSR count). The van der Waals surface area contributed by atoms with Crippen LogP contribution >= 0.6 is 0 Å². The summed E-state index contributed by atoms with van der Waals surface area (Å²) in [5.41, 5.74) is 2.92. The Morgan fingerprint density at radius 1 is 1.42 bits per heavy atom. The lowest BCUT2D eigenvalue weighted by Gasteiger charge is -1.97. The zero-order valence-corrected chi connectivity index (χ0v) is 6.28. The third-order valence-electron chi connectivity index (χ3n) is 2.02. The first-order valence-electron chi connectivity index (χ1n) is 3.77. The number of hydrogen-bond acceptors (Lipinski definition) is 4. The maximum absolute atomic E-state index is 4.23. The summed E-state index contributed by atoms with van der Waals surface area (Å²) in [6, 6.07) is 0. The van der Waals surface area contributed by atoms with Crippen LogP contribution in [0.25, 0.3) is 6.08 Å². The molecule has 0 saturated carbocycles. The topological polar surface area (TPSA) is 49.6 Å². The summed E-state index contributed by atoms with van der Waals surface area (Å²) in [4.78, 5) is 12.5. The van der Waals surface area contributed by atoms with Gasteiger partial charge in [-0.25, -0.2) is 9.98 Å². The van der Waals surface area contributed by atoms with Crippen LogP contribution in [0.15, 0.2) is 22.4 Å². The van der Waals surface area contributed by atoms with Crippen molar-refractivity contribution < 1.29 is 0 Å². The Kier molecular flexibility index (Phi) is 0.935. The minimum absolute atomic E-state index is 0.654. The van der Waals surface area contributed by atoms with Gasteiger partial charge in [0, 0.05) is 11.8 Å². The summed E-state index contributed by atoms with van der Waals surface area (Å²) < 4.78 is 0. The van der Waals surface area contributed by atoms with Crippen molar-refractivity contribution >= 4 is 11.8 Å². The van der Waals surface area contributed by atoms with Crippen molar-refractivity contribution in [2.24, 2.45) is 9.98 Å². The molecule has 12 heavy (non-hydrogen) atoms. The van der Waals surface area contributed by atoms with Gasteiger partial charge in [0.1, 0.15) is 12.0 Å². The maximum Gasteiger partial charge on any atom is 0.161 e. The van der Waals surface area contributed by atoms with Crippen LogP contribution in [-0.4, -0.2) is 11.7 Å². The lowest BCUT2D eigenvalue weighted by molar-refractivity contribution is 1.12. The first-order chi connectivity index (χ1) is 5.95. The fourth-order valence-electron chi connectivity index (χ4n) is 1.46. The highest BCUT2D eigenvalue weighted by molar-refractivity contribution is 5.67. The smallest absolute Gasteiger partial charge is 0.161 e. The van der Waals surface area contributed by atoms with Crippen LogP contribution in [0.2, 0.25) is 0 Å². The molecule has 4 nitrogen and oxygen atoms in total. The van der Waals surface area contributed by atoms with Gasteiger partial charge in [-0.15, -0.1) is 0 Å². The molecular formula is C8H6N4. The molecule has 2 aliphatic heterocycles. The monoisotopic (exact) mass is 158 g/mol. The summed E-state index contributed by atoms with van der Waals surface area (Å²) in [5, 5.41) is 4.12. The van der Waals surface area contributed by atoms with Gasteiger partial charge in [0.25, 0.3) is 0 Å². The molecule has 58 valence electrons. The van der Waals surface area contributed by atoms with E-state index in [9.17, 15) is 0 Å². The molecule has 4 heteroatoms. The molecule has 0 saturated heterocycles. The Labute approximate surface area is 68.4 Å². The van der Waals surface area contributed by atoms with Crippen molar-refractivity contribution in [3.63, 3.8) is 0 Å². The second kappa shape index (κ2) is 1.91. The van der Waals surface area contributed by atoms with Gasteiger partial charge in [-0.1, -0.05) is 0 Å². The lowest BCUT2D eigenvalue weighted by atomic mass is 10.2. The normalized spacial score (nSPS) is 16.0. The van der Waals surface area contributed by atoms with Crippen molar-refractivity contribution in [1.29, 1.82) is 0 Å². The number of nitrogens with one attached hydrogen (secondary N) is 1. The molecule has 0 fully saturated rings. The summed E-state index contributed by atoms with van der Waals surface area (Å²) >= 11 is 0. The third-order valence-corrected chi connectivity index (χ3v) is 2.02. The van der Waals surface area contributed by atoms with E-state index in [0.717, 1.165) is 22.1 Å². The van der Waals surface area contributed by atoms with Gasteiger partial charge in [0.05, 0.1) is 11.9 Å². The quantitative estimate of drug-likeness (QED) is 0.563. The first-order valence-corrected chi connectivity index (χ1v) is 3.77. The summed E-state index contributed by atoms with van der Waals surface area (Å²) in [7, 11) is 0. The van der Waals surface area contributed by atoms with Crippen molar-refractivity contribution in [3.05, 3.63) is 28.8 Å². The van der Waals surface area contributed by atoms with Gasteiger partial charge >= 0.3 is 0 Å². The van der Waals surface area contributed by atoms with Gasteiger partial charge < -0.3 is 5.32 Å². The van der Waals surface area contributed by atoms with E-state index in [4.69, 9.17) is 0 Å². The molecule has 1 N–H and O–H groups in total. The number of rotatable bonds is 0. The van der Waals surface area contributed by atoms with E-state index < -0.39 is 0 Å². The highest BCUT2D eigenvalue weighted by Gasteiger charge is 2.11. The highest BCUT2D eigenvalue weighted by Crippen LogP contribution is 2.12. The predicted octanol–water partition coefficient (Wildman–Crippen LogP) is -0.312. The zero-order valence-electron chi connectivity index (χ0n) is 6.28. The predicted molar refractivity (Wildman–Crippen MR) is 44.1 cm³/mol. The van der Waals surface area contributed by atoms with E-state index in [-0.39, 0.29) is 0 Å². The second-order valence-electron chi connectivity index (χ2n) is 2.69. The van der Waals surface area contributed by atoms with Gasteiger partial charge in [-0.05, 0) is 6.08 Å². The molecule has 1 aromatic rings. The van der Waals surface area contributed by atoms with E-state index in [0.29, 0.717) is 6.67 Å². The molecule has 0 amide bonds. The largest absolute Gasteiger partial charge is 0.364 e. The first kappa shape index (κ1) is 5.88. The number of nitrogens with zero attached hydrogens (tertiary/aromatic N) is 3. The number of fused-ring (bicyclic) bond motifs is 3. The number of aromatic nitrogens is 1. The standard InChI is InChI=1S/C8H6N4/c1-2-9-8-5(1)7-6(3-10-8)11-4-12-7/h1-3,12H,4H2. The van der Waals surface area contributed by atoms with E-state index in [1.165, 1.54) is 0 Å². The SMILES string of the molecule is C1=Cc2c3c(cnc2=N1)=NCN3. The molecule has 0 aromatic carbocycles. The molecular weight excluding hydrogens is 152 g/mol. The third kappa shape index (κ3) is 0.592. The molecule has 0 spiro atoms. The molecule has 0 bridgehead atoms. The van der Waals surface area contributed by atoms with Gasteiger partial charge in [0.15, 0.2) is 5.49 Å². The van der Waals surface area contributed by atoms with Crippen LogP contribution < -0.4 is 16.2 Å². The van der Waals surface area contributed by atoms with E-state index in [1.54, 1.807) is 12.4 Å². The van der Waals surface area contributed by atoms with Gasteiger partial charge in [-0.3, -0.25) is 4.99 Å². The molecule has 1 aromatic heterocycles. The van der Waals surface area contributed by atoms with Crippen LogP contribution in [0.1, 0.15) is 5.56 Å². The fraction of sp³-hybridized carbons (Fsp3) is 0.125. The number of anilines is 1. The van der Waals surface area contributed by atoms with Crippen LogP contribution in [0, 0.1) is 0 Å². The van der Waals surface area contributed by atoms with Crippen LogP contribution in [0.3, 0.4) is 0 Å². The van der Waals surface area contributed by atoms with Crippen molar-refractivity contribution in [3.8, 4) is 0 Å². The Morgan fingerprint density at radius 2 is 2.42 bits per heavy atom. The molecule has 3 heterocycles. The molecule has 0 atom stereocenters. The van der Waals surface area contributed by atoms with Crippen LogP contribution in [-0.2, 0) is 0 Å². The summed E-state index contributed by atoms with van der Waals surface area (Å²) in [6.45, 7) is 0.654. The molecule has 0 aliphatic carbocycles. The number of pyridine rings is 1. The van der Waals surface area contributed by atoms with Crippen LogP contribution in [0.4, 0.5) is 5.69 Å². The van der Waals surface area contributed by atoms with Crippen molar-refractivity contribution in [2.75, 3.05) is 12.0 Å². The van der Waals surface area contributed by atoms with Crippen molar-refractivity contribution in [1.82, 2.24) is 4.98 Å². The highest BCUT2D eigenvalue weighted by atomic mass is 15.1. The fourth-order valence-corrected chi connectivity index (χ4v) is 1.46.